The fourth-order valence-electron chi connectivity index (χ4n) is 5.13. The Balaban J connectivity index is 1.51. The number of hydrogen-bond donors (Lipinski definition) is 0. The van der Waals surface area contributed by atoms with Crippen LogP contribution in [0.15, 0.2) is 104 Å². The Labute approximate surface area is 227 Å². The van der Waals surface area contributed by atoms with Crippen molar-refractivity contribution in [3.05, 3.63) is 110 Å². The number of hydrogen-bond acceptors (Lipinski definition) is 8. The molecule has 0 aliphatic heterocycles. The van der Waals surface area contributed by atoms with Crippen LogP contribution in [0.4, 0.5) is 0 Å². The molecule has 0 unspecified atom stereocenters. The number of nitrogens with zero attached hydrogens (tertiary/aromatic N) is 8. The quantitative estimate of drug-likeness (QED) is 0.273. The lowest BCUT2D eigenvalue weighted by molar-refractivity contribution is 1.04. The Morgan fingerprint density at radius 2 is 1.38 bits per heavy atom. The molecular formula is C32H17N8. The molecule has 0 aliphatic rings. The molecule has 1 radical (unpaired) electrons. The third-order valence-electron chi connectivity index (χ3n) is 6.99. The van der Waals surface area contributed by atoms with E-state index in [0.717, 1.165) is 49.2 Å². The van der Waals surface area contributed by atoms with Gasteiger partial charge in [-0.15, -0.1) is 15.3 Å². The molecule has 185 valence electrons. The predicted octanol–water partition coefficient (Wildman–Crippen LogP) is 6.26. The maximum absolute atomic E-state index is 5.03. The average Bonchev–Trinajstić information content (AvgIpc) is 3.03. The van der Waals surface area contributed by atoms with E-state index in [0.29, 0.717) is 28.3 Å². The molecule has 0 bridgehead atoms. The highest BCUT2D eigenvalue weighted by Gasteiger charge is 2.22. The number of rotatable bonds is 3. The van der Waals surface area contributed by atoms with E-state index in [1.54, 1.807) is 12.4 Å². The second-order valence-electron chi connectivity index (χ2n) is 9.35. The molecule has 4 aromatic heterocycles. The van der Waals surface area contributed by atoms with Gasteiger partial charge in [0.05, 0.1) is 40.2 Å². The van der Waals surface area contributed by atoms with Gasteiger partial charge in [-0.2, -0.15) is 5.10 Å². The van der Waals surface area contributed by atoms with Gasteiger partial charge in [-0.05, 0) is 30.3 Å². The zero-order chi connectivity index (χ0) is 26.5. The Morgan fingerprint density at radius 1 is 0.575 bits per heavy atom. The lowest BCUT2D eigenvalue weighted by Crippen LogP contribution is -2.00. The fourth-order valence-corrected chi connectivity index (χ4v) is 5.13. The molecule has 40 heavy (non-hydrogen) atoms. The van der Waals surface area contributed by atoms with Crippen LogP contribution in [0.25, 0.3) is 77.5 Å². The third-order valence-corrected chi connectivity index (χ3v) is 6.99. The molecule has 8 rings (SSSR count). The van der Waals surface area contributed by atoms with Crippen molar-refractivity contribution in [3.63, 3.8) is 0 Å². The zero-order valence-corrected chi connectivity index (χ0v) is 20.9. The summed E-state index contributed by atoms with van der Waals surface area (Å²) in [7, 11) is 0. The normalized spacial score (nSPS) is 11.5. The predicted molar refractivity (Wildman–Crippen MR) is 154 cm³/mol. The molecule has 4 aromatic carbocycles. The summed E-state index contributed by atoms with van der Waals surface area (Å²) in [6.45, 7) is 0. The summed E-state index contributed by atoms with van der Waals surface area (Å²) < 4.78 is 0. The molecular weight excluding hydrogens is 496 g/mol. The van der Waals surface area contributed by atoms with Gasteiger partial charge in [0.15, 0.2) is 5.82 Å². The van der Waals surface area contributed by atoms with Crippen LogP contribution in [0, 0.1) is 6.20 Å². The van der Waals surface area contributed by atoms with Crippen molar-refractivity contribution in [3.8, 4) is 33.9 Å². The van der Waals surface area contributed by atoms with Gasteiger partial charge in [-0.25, -0.2) is 15.0 Å². The van der Waals surface area contributed by atoms with Crippen molar-refractivity contribution in [2.75, 3.05) is 0 Å². The van der Waals surface area contributed by atoms with Gasteiger partial charge in [0.25, 0.3) is 0 Å². The van der Waals surface area contributed by atoms with Crippen LogP contribution in [0.2, 0.25) is 0 Å². The molecule has 0 atom stereocenters. The van der Waals surface area contributed by atoms with E-state index >= 15 is 0 Å². The second-order valence-corrected chi connectivity index (χ2v) is 9.35. The molecule has 8 nitrogen and oxygen atoms in total. The van der Waals surface area contributed by atoms with Crippen LogP contribution in [0.5, 0.6) is 0 Å². The van der Waals surface area contributed by atoms with Gasteiger partial charge < -0.3 is 0 Å². The van der Waals surface area contributed by atoms with Crippen molar-refractivity contribution in [2.45, 2.75) is 0 Å². The minimum absolute atomic E-state index is 0.567. The Morgan fingerprint density at radius 3 is 2.30 bits per heavy atom. The van der Waals surface area contributed by atoms with Crippen molar-refractivity contribution in [1.82, 2.24) is 40.3 Å². The maximum atomic E-state index is 5.03. The highest BCUT2D eigenvalue weighted by Crippen LogP contribution is 2.41. The van der Waals surface area contributed by atoms with Crippen LogP contribution in [0.3, 0.4) is 0 Å². The topological polar surface area (TPSA) is 103 Å². The Bertz CT molecular complexity index is 2240. The van der Waals surface area contributed by atoms with E-state index in [9.17, 15) is 0 Å². The van der Waals surface area contributed by atoms with E-state index in [2.05, 4.69) is 26.6 Å². The molecule has 8 heteroatoms. The van der Waals surface area contributed by atoms with Crippen LogP contribution in [-0.4, -0.2) is 40.3 Å². The monoisotopic (exact) mass is 513 g/mol. The summed E-state index contributed by atoms with van der Waals surface area (Å²) in [6.07, 6.45) is 8.49. The highest BCUT2D eigenvalue weighted by atomic mass is 15.1. The smallest absolute Gasteiger partial charge is 0.160 e. The molecule has 0 fully saturated rings. The SMILES string of the molecule is [c]1nnc2ccc(-c3ncc4ccccc4n3)c(-c3cnc4ccccc4n3)c2c1-c1nncc2ccccc12. The van der Waals surface area contributed by atoms with E-state index in [1.807, 2.05) is 91.1 Å². The first-order chi connectivity index (χ1) is 19.8. The van der Waals surface area contributed by atoms with E-state index in [4.69, 9.17) is 19.9 Å². The minimum atomic E-state index is 0.567. The summed E-state index contributed by atoms with van der Waals surface area (Å²) in [5.41, 5.74) is 6.65. The maximum Gasteiger partial charge on any atom is 0.160 e. The molecule has 0 spiro atoms. The average molecular weight is 514 g/mol. The lowest BCUT2D eigenvalue weighted by Gasteiger charge is -2.15. The van der Waals surface area contributed by atoms with Gasteiger partial charge >= 0.3 is 0 Å². The van der Waals surface area contributed by atoms with Gasteiger partial charge in [0, 0.05) is 44.4 Å². The summed E-state index contributed by atoms with van der Waals surface area (Å²) in [5, 5.41) is 21.1. The third kappa shape index (κ3) is 3.54. The standard InChI is InChI=1S/C32H17N8/c1-3-9-21-19(7-1)16-35-40-31(21)23-17-36-39-27-14-13-22(32-34-15-20-8-2-4-10-24(20)38-32)29(30(23)27)28-18-33-25-11-5-6-12-26(25)37-28/h1-16,18H. The molecule has 0 N–H and O–H groups in total. The van der Waals surface area contributed by atoms with E-state index in [-0.39, 0.29) is 0 Å². The zero-order valence-electron chi connectivity index (χ0n) is 20.9. The Hall–Kier alpha value is -5.76. The van der Waals surface area contributed by atoms with Crippen LogP contribution < -0.4 is 0 Å². The molecule has 0 amide bonds. The van der Waals surface area contributed by atoms with Crippen LogP contribution in [0.1, 0.15) is 0 Å². The number of aromatic nitrogens is 8. The van der Waals surface area contributed by atoms with Gasteiger partial charge in [-0.1, -0.05) is 54.6 Å². The molecule has 0 saturated heterocycles. The summed E-state index contributed by atoms with van der Waals surface area (Å²) >= 11 is 0. The lowest BCUT2D eigenvalue weighted by atomic mass is 9.93. The number of para-hydroxylation sites is 3. The summed E-state index contributed by atoms with van der Waals surface area (Å²) in [4.78, 5) is 19.4. The first-order valence-electron chi connectivity index (χ1n) is 12.7. The van der Waals surface area contributed by atoms with Gasteiger partial charge in [-0.3, -0.25) is 4.98 Å². The largest absolute Gasteiger partial charge is 0.252 e. The number of benzene rings is 4. The molecule has 0 saturated carbocycles. The first kappa shape index (κ1) is 22.2. The van der Waals surface area contributed by atoms with Crippen LogP contribution in [-0.2, 0) is 0 Å². The van der Waals surface area contributed by atoms with Gasteiger partial charge in [0.1, 0.15) is 11.9 Å². The molecule has 0 aliphatic carbocycles. The van der Waals surface area contributed by atoms with Gasteiger partial charge in [0.2, 0.25) is 0 Å². The van der Waals surface area contributed by atoms with Crippen molar-refractivity contribution in [2.24, 2.45) is 0 Å². The first-order valence-corrected chi connectivity index (χ1v) is 12.7. The summed E-state index contributed by atoms with van der Waals surface area (Å²) in [5.74, 6) is 0.567. The van der Waals surface area contributed by atoms with Crippen molar-refractivity contribution >= 4 is 43.6 Å². The number of fused-ring (bicyclic) bond motifs is 4. The molecule has 8 aromatic rings. The van der Waals surface area contributed by atoms with E-state index < -0.39 is 0 Å². The van der Waals surface area contributed by atoms with Crippen molar-refractivity contribution in [1.29, 1.82) is 0 Å². The highest BCUT2D eigenvalue weighted by molar-refractivity contribution is 6.11. The fraction of sp³-hybridized carbons (Fsp3) is 0. The van der Waals surface area contributed by atoms with Crippen molar-refractivity contribution < 1.29 is 0 Å². The minimum Gasteiger partial charge on any atom is -0.252 e. The second kappa shape index (κ2) is 8.92. The van der Waals surface area contributed by atoms with E-state index in [1.165, 1.54) is 0 Å². The Kier molecular flexibility index (Phi) is 4.96. The molecule has 4 heterocycles. The summed E-state index contributed by atoms with van der Waals surface area (Å²) in [6, 6.07) is 27.6. The van der Waals surface area contributed by atoms with Crippen LogP contribution >= 0.6 is 0 Å².